The van der Waals surface area contributed by atoms with E-state index in [9.17, 15) is 36.7 Å². The summed E-state index contributed by atoms with van der Waals surface area (Å²) in [7, 11) is 1.07. The van der Waals surface area contributed by atoms with Crippen LogP contribution in [0.25, 0.3) is 0 Å². The van der Waals surface area contributed by atoms with Crippen LogP contribution in [0.4, 0.5) is 23.2 Å². The Bertz CT molecular complexity index is 1210. The summed E-state index contributed by atoms with van der Waals surface area (Å²) in [6.07, 6.45) is -5.76. The van der Waals surface area contributed by atoms with Crippen molar-refractivity contribution in [3.05, 3.63) is 59.4 Å². The maximum absolute atomic E-state index is 14.1. The van der Waals surface area contributed by atoms with Crippen molar-refractivity contribution in [3.8, 4) is 5.75 Å². The quantitative estimate of drug-likeness (QED) is 0.283. The van der Waals surface area contributed by atoms with Crippen molar-refractivity contribution in [1.29, 1.82) is 0 Å². The number of amides is 3. The van der Waals surface area contributed by atoms with Crippen LogP contribution in [-0.4, -0.2) is 48.6 Å². The van der Waals surface area contributed by atoms with Gasteiger partial charge in [0.1, 0.15) is 18.1 Å². The van der Waals surface area contributed by atoms with Crippen molar-refractivity contribution in [3.63, 3.8) is 0 Å². The molecule has 2 aromatic carbocycles. The molecule has 1 atom stereocenters. The molecule has 0 saturated carbocycles. The van der Waals surface area contributed by atoms with Crippen molar-refractivity contribution in [1.82, 2.24) is 4.90 Å². The zero-order valence-corrected chi connectivity index (χ0v) is 17.5. The SMILES string of the molecule is COC(=O)CN1C(=O)C2(CC(=O)N(Cc3ccccc3F)C2=O)c2cc(OC(F)(F)F)ccc21. The summed E-state index contributed by atoms with van der Waals surface area (Å²) in [4.78, 5) is 53.2. The molecular formula is C22H16F4N2O6. The first-order chi connectivity index (χ1) is 16.0. The summed E-state index contributed by atoms with van der Waals surface area (Å²) in [5.41, 5.74) is -2.49. The van der Waals surface area contributed by atoms with Crippen molar-refractivity contribution in [2.45, 2.75) is 24.7 Å². The third-order valence-corrected chi connectivity index (χ3v) is 5.69. The molecule has 2 aliphatic rings. The average molecular weight is 480 g/mol. The molecule has 1 saturated heterocycles. The van der Waals surface area contributed by atoms with Crippen LogP contribution in [0.15, 0.2) is 42.5 Å². The van der Waals surface area contributed by atoms with Gasteiger partial charge in [0.15, 0.2) is 5.41 Å². The van der Waals surface area contributed by atoms with E-state index in [2.05, 4.69) is 9.47 Å². The standard InChI is InChI=1S/C22H16F4N2O6/c1-33-18(30)11-27-16-7-6-13(34-22(24,25)26)8-14(16)21(19(27)31)9-17(29)28(20(21)32)10-12-4-2-3-5-15(12)23/h2-8H,9-11H2,1H3. The van der Waals surface area contributed by atoms with E-state index in [1.165, 1.54) is 18.2 Å². The Morgan fingerprint density at radius 2 is 1.74 bits per heavy atom. The second-order valence-corrected chi connectivity index (χ2v) is 7.65. The van der Waals surface area contributed by atoms with Gasteiger partial charge in [-0.15, -0.1) is 13.2 Å². The Kier molecular flexibility index (Phi) is 5.54. The molecule has 8 nitrogen and oxygen atoms in total. The predicted molar refractivity (Wildman–Crippen MR) is 106 cm³/mol. The maximum atomic E-state index is 14.1. The van der Waals surface area contributed by atoms with Gasteiger partial charge in [-0.1, -0.05) is 18.2 Å². The summed E-state index contributed by atoms with van der Waals surface area (Å²) in [6.45, 7) is -1.12. The molecule has 0 bridgehead atoms. The molecule has 1 unspecified atom stereocenters. The molecule has 1 spiro atoms. The summed E-state index contributed by atoms with van der Waals surface area (Å²) in [6, 6.07) is 8.24. The number of esters is 1. The van der Waals surface area contributed by atoms with E-state index in [1.54, 1.807) is 0 Å². The van der Waals surface area contributed by atoms with E-state index in [0.717, 1.165) is 36.3 Å². The fraction of sp³-hybridized carbons (Fsp3) is 0.273. The molecule has 1 fully saturated rings. The second kappa shape index (κ2) is 8.12. The van der Waals surface area contributed by atoms with E-state index < -0.39 is 66.5 Å². The number of halogens is 4. The zero-order chi connectivity index (χ0) is 24.8. The van der Waals surface area contributed by atoms with E-state index in [4.69, 9.17) is 0 Å². The Morgan fingerprint density at radius 1 is 1.06 bits per heavy atom. The number of benzene rings is 2. The highest BCUT2D eigenvalue weighted by atomic mass is 19.4. The lowest BCUT2D eigenvalue weighted by Gasteiger charge is -2.22. The van der Waals surface area contributed by atoms with Crippen molar-refractivity contribution in [2.24, 2.45) is 0 Å². The number of nitrogens with zero attached hydrogens (tertiary/aromatic N) is 2. The maximum Gasteiger partial charge on any atom is 0.573 e. The van der Waals surface area contributed by atoms with Gasteiger partial charge >= 0.3 is 12.3 Å². The monoisotopic (exact) mass is 480 g/mol. The number of carbonyl (C=O) groups is 4. The fourth-order valence-corrected chi connectivity index (χ4v) is 4.17. The number of rotatable bonds is 5. The van der Waals surface area contributed by atoms with Crippen molar-refractivity contribution < 1.29 is 46.2 Å². The highest BCUT2D eigenvalue weighted by Crippen LogP contribution is 2.50. The van der Waals surface area contributed by atoms with E-state index >= 15 is 0 Å². The number of anilines is 1. The van der Waals surface area contributed by atoms with E-state index in [1.807, 2.05) is 0 Å². The highest BCUT2D eigenvalue weighted by molar-refractivity contribution is 6.29. The molecule has 0 aliphatic carbocycles. The third kappa shape index (κ3) is 3.74. The first kappa shape index (κ1) is 23.2. The third-order valence-electron chi connectivity index (χ3n) is 5.69. The minimum atomic E-state index is -5.05. The number of ether oxygens (including phenoxy) is 2. The lowest BCUT2D eigenvalue weighted by atomic mass is 9.80. The Morgan fingerprint density at radius 3 is 2.38 bits per heavy atom. The van der Waals surface area contributed by atoms with Crippen LogP contribution in [0.3, 0.4) is 0 Å². The zero-order valence-electron chi connectivity index (χ0n) is 17.5. The Hall–Kier alpha value is -3.96. The van der Waals surface area contributed by atoms with Crippen LogP contribution in [0.2, 0.25) is 0 Å². The topological polar surface area (TPSA) is 93.2 Å². The molecule has 0 aromatic heterocycles. The van der Waals surface area contributed by atoms with Crippen LogP contribution >= 0.6 is 0 Å². The van der Waals surface area contributed by atoms with Gasteiger partial charge in [0, 0.05) is 16.8 Å². The van der Waals surface area contributed by atoms with Crippen LogP contribution in [0.1, 0.15) is 17.5 Å². The molecule has 3 amide bonds. The second-order valence-electron chi connectivity index (χ2n) is 7.65. The average Bonchev–Trinajstić information content (AvgIpc) is 3.15. The van der Waals surface area contributed by atoms with Crippen molar-refractivity contribution >= 4 is 29.4 Å². The minimum Gasteiger partial charge on any atom is -0.468 e. The van der Waals surface area contributed by atoms with Crippen LogP contribution < -0.4 is 9.64 Å². The molecule has 34 heavy (non-hydrogen) atoms. The summed E-state index contributed by atoms with van der Waals surface area (Å²) < 4.78 is 61.0. The molecule has 4 rings (SSSR count). The summed E-state index contributed by atoms with van der Waals surface area (Å²) >= 11 is 0. The summed E-state index contributed by atoms with van der Waals surface area (Å²) in [5.74, 6) is -5.10. The number of hydrogen-bond acceptors (Lipinski definition) is 6. The number of methoxy groups -OCH3 is 1. The highest BCUT2D eigenvalue weighted by Gasteiger charge is 2.64. The molecule has 2 heterocycles. The molecule has 2 aliphatic heterocycles. The number of likely N-dealkylation sites (tertiary alicyclic amines) is 1. The normalized spacial score (nSPS) is 19.7. The minimum absolute atomic E-state index is 0.00694. The smallest absolute Gasteiger partial charge is 0.468 e. The lowest BCUT2D eigenvalue weighted by molar-refractivity contribution is -0.274. The number of alkyl halides is 3. The first-order valence-electron chi connectivity index (χ1n) is 9.85. The number of fused-ring (bicyclic) bond motifs is 2. The van der Waals surface area contributed by atoms with E-state index in [0.29, 0.717) is 4.90 Å². The van der Waals surface area contributed by atoms with Gasteiger partial charge < -0.3 is 9.47 Å². The predicted octanol–water partition coefficient (Wildman–Crippen LogP) is 2.44. The summed E-state index contributed by atoms with van der Waals surface area (Å²) in [5, 5.41) is 0. The molecular weight excluding hydrogens is 464 g/mol. The Balaban J connectivity index is 1.80. The van der Waals surface area contributed by atoms with Gasteiger partial charge in [-0.05, 0) is 24.3 Å². The number of hydrogen-bond donors (Lipinski definition) is 0. The van der Waals surface area contributed by atoms with Gasteiger partial charge in [0.2, 0.25) is 17.7 Å². The van der Waals surface area contributed by atoms with E-state index in [-0.39, 0.29) is 16.8 Å². The number of imide groups is 1. The molecule has 0 radical (unpaired) electrons. The van der Waals surface area contributed by atoms with Gasteiger partial charge in [-0.25, -0.2) is 4.39 Å². The van der Waals surface area contributed by atoms with Crippen LogP contribution in [-0.2, 0) is 35.9 Å². The fourth-order valence-electron chi connectivity index (χ4n) is 4.17. The Labute approximate surface area is 189 Å². The van der Waals surface area contributed by atoms with Gasteiger partial charge in [0.25, 0.3) is 0 Å². The largest absolute Gasteiger partial charge is 0.573 e. The number of carbonyl (C=O) groups excluding carboxylic acids is 4. The first-order valence-corrected chi connectivity index (χ1v) is 9.85. The lowest BCUT2D eigenvalue weighted by Crippen LogP contribution is -2.47. The van der Waals surface area contributed by atoms with Gasteiger partial charge in [-0.2, -0.15) is 0 Å². The molecule has 12 heteroatoms. The van der Waals surface area contributed by atoms with Gasteiger partial charge in [0.05, 0.1) is 20.1 Å². The van der Waals surface area contributed by atoms with Crippen LogP contribution in [0.5, 0.6) is 5.75 Å². The van der Waals surface area contributed by atoms with Crippen molar-refractivity contribution in [2.75, 3.05) is 18.6 Å². The molecule has 2 aromatic rings. The molecule has 0 N–H and O–H groups in total. The van der Waals surface area contributed by atoms with Gasteiger partial charge in [-0.3, -0.25) is 29.0 Å². The molecule has 178 valence electrons. The van der Waals surface area contributed by atoms with Crippen LogP contribution in [0, 0.1) is 5.82 Å².